The van der Waals surface area contributed by atoms with Crippen LogP contribution in [-0.2, 0) is 9.59 Å². The number of aliphatic hydroxyl groups excluding tert-OH is 3. The van der Waals surface area contributed by atoms with Gasteiger partial charge in [0.1, 0.15) is 5.78 Å². The van der Waals surface area contributed by atoms with E-state index in [1.807, 2.05) is 0 Å². The summed E-state index contributed by atoms with van der Waals surface area (Å²) in [5.74, 6) is -2.07. The van der Waals surface area contributed by atoms with Crippen molar-refractivity contribution in [2.75, 3.05) is 0 Å². The summed E-state index contributed by atoms with van der Waals surface area (Å²) in [5.41, 5.74) is 0. The number of unbranched alkanes of at least 4 members (excludes halogenated alkanes) is 2. The minimum absolute atomic E-state index is 0. The maximum atomic E-state index is 11.9. The monoisotopic (exact) mass is 365 g/mol. The molecule has 0 aromatic rings. The average molecular weight is 365 g/mol. The first-order chi connectivity index (χ1) is 11.3. The van der Waals surface area contributed by atoms with Crippen LogP contribution in [0.1, 0.15) is 58.3 Å². The summed E-state index contributed by atoms with van der Waals surface area (Å²) in [6, 6.07) is 0. The minimum Gasteiger partial charge on any atom is -0.481 e. The number of Topliss-reactive ketones (excluding diaryl/α,β-unsaturated/α-hetero) is 1. The molecule has 0 radical (unpaired) electrons. The second-order valence-corrected chi connectivity index (χ2v) is 6.70. The molecule has 0 aliphatic heterocycles. The Bertz CT molecular complexity index is 439. The molecule has 7 heteroatoms. The first kappa shape index (κ1) is 24.8. The van der Waals surface area contributed by atoms with Gasteiger partial charge >= 0.3 is 35.5 Å². The molecule has 1 aliphatic rings. The molecule has 1 fully saturated rings. The molecule has 4 N–H and O–H groups in total. The maximum Gasteiger partial charge on any atom is 1.00 e. The van der Waals surface area contributed by atoms with E-state index in [0.29, 0.717) is 6.42 Å². The Labute approximate surface area is 171 Å². The molecular formula is C18H30NaO6+. The molecule has 0 aromatic heterocycles. The standard InChI is InChI=1S/C18H30O6.Na/c1-2-3-4-5-12(19)6-8-14-15(17(22)11-16(14)21)10-13(20)7-9-18(23)24;/h6,8,12,14-17,19,21-22H,2-5,7,9-11H2,1H3,(H,23,24);/q;+1/b8-6+;/t12-,14+,15+,16+,17-;/m0./s1. The number of aliphatic hydroxyl groups is 3. The zero-order valence-electron chi connectivity index (χ0n) is 15.3. The summed E-state index contributed by atoms with van der Waals surface area (Å²) >= 11 is 0. The minimum atomic E-state index is -1.03. The number of carbonyl (C=O) groups is 2. The SMILES string of the molecule is CCCCC[C@H](O)/C=C/[C@@H]1[C@@H](CC(=O)CCC(=O)O)[C@@H](O)C[C@H]1O.[Na+]. The molecule has 0 saturated heterocycles. The largest absolute Gasteiger partial charge is 1.00 e. The number of hydrogen-bond donors (Lipinski definition) is 4. The molecule has 6 nitrogen and oxygen atoms in total. The van der Waals surface area contributed by atoms with Crippen molar-refractivity contribution < 1.29 is 59.6 Å². The quantitative estimate of drug-likeness (QED) is 0.205. The third kappa shape index (κ3) is 9.31. The molecule has 138 valence electrons. The molecule has 0 bridgehead atoms. The van der Waals surface area contributed by atoms with Crippen LogP contribution in [0, 0.1) is 11.8 Å². The van der Waals surface area contributed by atoms with Crippen LogP contribution in [0.5, 0.6) is 0 Å². The Balaban J connectivity index is 0.00000576. The van der Waals surface area contributed by atoms with Gasteiger partial charge in [-0.25, -0.2) is 0 Å². The van der Waals surface area contributed by atoms with Crippen LogP contribution in [0.25, 0.3) is 0 Å². The topological polar surface area (TPSA) is 115 Å². The number of ketones is 1. The fourth-order valence-corrected chi connectivity index (χ4v) is 3.23. The Morgan fingerprint density at radius 2 is 1.84 bits per heavy atom. The van der Waals surface area contributed by atoms with Crippen molar-refractivity contribution in [1.29, 1.82) is 0 Å². The summed E-state index contributed by atoms with van der Waals surface area (Å²) in [6.45, 7) is 2.09. The first-order valence-corrected chi connectivity index (χ1v) is 8.81. The van der Waals surface area contributed by atoms with Gasteiger partial charge in [0.25, 0.3) is 0 Å². The zero-order chi connectivity index (χ0) is 18.1. The Morgan fingerprint density at radius 1 is 1.16 bits per heavy atom. The van der Waals surface area contributed by atoms with Gasteiger partial charge in [0, 0.05) is 31.1 Å². The second kappa shape index (κ2) is 13.0. The fraction of sp³-hybridized carbons (Fsp3) is 0.778. The van der Waals surface area contributed by atoms with E-state index in [1.54, 1.807) is 12.2 Å². The molecule has 0 spiro atoms. The van der Waals surface area contributed by atoms with Crippen molar-refractivity contribution in [1.82, 2.24) is 0 Å². The van der Waals surface area contributed by atoms with Gasteiger partial charge in [0.2, 0.25) is 0 Å². The molecule has 0 heterocycles. The number of carboxylic acids is 1. The van der Waals surface area contributed by atoms with Crippen molar-refractivity contribution in [3.8, 4) is 0 Å². The molecule has 0 amide bonds. The van der Waals surface area contributed by atoms with E-state index in [1.165, 1.54) is 0 Å². The molecule has 0 unspecified atom stereocenters. The van der Waals surface area contributed by atoms with Crippen molar-refractivity contribution in [3.63, 3.8) is 0 Å². The first-order valence-electron chi connectivity index (χ1n) is 8.81. The summed E-state index contributed by atoms with van der Waals surface area (Å²) in [4.78, 5) is 22.4. The third-order valence-electron chi connectivity index (χ3n) is 4.66. The number of aliphatic carboxylic acids is 1. The molecular weight excluding hydrogens is 335 g/mol. The van der Waals surface area contributed by atoms with Crippen molar-refractivity contribution in [2.24, 2.45) is 11.8 Å². The molecule has 1 rings (SSSR count). The van der Waals surface area contributed by atoms with Crippen molar-refractivity contribution >= 4 is 11.8 Å². The van der Waals surface area contributed by atoms with Gasteiger partial charge in [0.15, 0.2) is 0 Å². The summed E-state index contributed by atoms with van der Waals surface area (Å²) in [5, 5.41) is 38.7. The Kier molecular flexibility index (Phi) is 12.9. The predicted molar refractivity (Wildman–Crippen MR) is 89.4 cm³/mol. The zero-order valence-corrected chi connectivity index (χ0v) is 17.3. The van der Waals surface area contributed by atoms with Gasteiger partial charge in [-0.15, -0.1) is 0 Å². The van der Waals surface area contributed by atoms with E-state index in [4.69, 9.17) is 5.11 Å². The summed E-state index contributed by atoms with van der Waals surface area (Å²) < 4.78 is 0. The normalized spacial score (nSPS) is 27.2. The summed E-state index contributed by atoms with van der Waals surface area (Å²) in [7, 11) is 0. The third-order valence-corrected chi connectivity index (χ3v) is 4.66. The van der Waals surface area contributed by atoms with Gasteiger partial charge in [-0.2, -0.15) is 0 Å². The van der Waals surface area contributed by atoms with Gasteiger partial charge in [-0.05, 0) is 6.42 Å². The van der Waals surface area contributed by atoms with Gasteiger partial charge in [0.05, 0.1) is 24.7 Å². The van der Waals surface area contributed by atoms with Crippen molar-refractivity contribution in [2.45, 2.75) is 76.6 Å². The van der Waals surface area contributed by atoms with Crippen LogP contribution in [0.4, 0.5) is 0 Å². The van der Waals surface area contributed by atoms with Crippen LogP contribution in [0.3, 0.4) is 0 Å². The van der Waals surface area contributed by atoms with Crippen LogP contribution in [0.15, 0.2) is 12.2 Å². The molecule has 0 aromatic carbocycles. The number of rotatable bonds is 11. The van der Waals surface area contributed by atoms with Gasteiger partial charge < -0.3 is 20.4 Å². The van der Waals surface area contributed by atoms with Gasteiger partial charge in [-0.1, -0.05) is 38.3 Å². The van der Waals surface area contributed by atoms with Crippen LogP contribution < -0.4 is 29.6 Å². The van der Waals surface area contributed by atoms with Crippen LogP contribution in [-0.4, -0.2) is 50.5 Å². The van der Waals surface area contributed by atoms with Crippen LogP contribution >= 0.6 is 0 Å². The Morgan fingerprint density at radius 3 is 2.44 bits per heavy atom. The van der Waals surface area contributed by atoms with E-state index < -0.39 is 36.1 Å². The predicted octanol–water partition coefficient (Wildman–Crippen LogP) is -1.33. The molecule has 25 heavy (non-hydrogen) atoms. The maximum absolute atomic E-state index is 11.9. The van der Waals surface area contributed by atoms with Crippen LogP contribution in [0.2, 0.25) is 0 Å². The second-order valence-electron chi connectivity index (χ2n) is 6.70. The molecule has 5 atom stereocenters. The number of carbonyl (C=O) groups excluding carboxylic acids is 1. The molecule has 1 aliphatic carbocycles. The summed E-state index contributed by atoms with van der Waals surface area (Å²) in [6.07, 6.45) is 4.86. The smallest absolute Gasteiger partial charge is 0.481 e. The van der Waals surface area contributed by atoms with E-state index in [-0.39, 0.29) is 61.0 Å². The van der Waals surface area contributed by atoms with E-state index >= 15 is 0 Å². The Hall–Kier alpha value is -0.240. The average Bonchev–Trinajstić information content (AvgIpc) is 2.77. The fourth-order valence-electron chi connectivity index (χ4n) is 3.23. The number of carboxylic acid groups (broad SMARTS) is 1. The number of hydrogen-bond acceptors (Lipinski definition) is 5. The van der Waals surface area contributed by atoms with E-state index in [0.717, 1.165) is 19.3 Å². The van der Waals surface area contributed by atoms with E-state index in [9.17, 15) is 24.9 Å². The van der Waals surface area contributed by atoms with Gasteiger partial charge in [-0.3, -0.25) is 9.59 Å². The molecule has 1 saturated carbocycles. The van der Waals surface area contributed by atoms with E-state index in [2.05, 4.69) is 6.92 Å². The van der Waals surface area contributed by atoms with Crippen molar-refractivity contribution in [3.05, 3.63) is 12.2 Å².